The van der Waals surface area contributed by atoms with Crippen molar-refractivity contribution < 1.29 is 19.5 Å². The molecule has 0 aromatic heterocycles. The summed E-state index contributed by atoms with van der Waals surface area (Å²) in [5.74, 6) is -1.70. The Morgan fingerprint density at radius 3 is 2.35 bits per heavy atom. The zero-order chi connectivity index (χ0) is 27.4. The van der Waals surface area contributed by atoms with Crippen molar-refractivity contribution in [3.8, 4) is 0 Å². The zero-order valence-corrected chi connectivity index (χ0v) is 24.1. The van der Waals surface area contributed by atoms with Gasteiger partial charge < -0.3 is 20.6 Å². The molecule has 3 saturated heterocycles. The lowest BCUT2D eigenvalue weighted by Crippen LogP contribution is -2.60. The van der Waals surface area contributed by atoms with Crippen LogP contribution in [0.2, 0.25) is 0 Å². The first-order chi connectivity index (χ1) is 17.2. The predicted octanol–water partition coefficient (Wildman–Crippen LogP) is 4.21. The Hall–Kier alpha value is -2.06. The highest BCUT2D eigenvalue weighted by Gasteiger charge is 2.77. The van der Waals surface area contributed by atoms with E-state index in [1.54, 1.807) is 16.7 Å². The average Bonchev–Trinajstić information content (AvgIpc) is 3.34. The SMILES string of the molecule is CC[C@@H](CO)N1C(=O)[C@@H]2[C@@H](C(=O)Nc3ccccc3)[C@@]3(C)CCC2(S3)C1C(=O)NC(C)(C)CC(C)(C)C. The summed E-state index contributed by atoms with van der Waals surface area (Å²) in [5, 5.41) is 16.5. The van der Waals surface area contributed by atoms with Crippen LogP contribution in [0.3, 0.4) is 0 Å². The van der Waals surface area contributed by atoms with Crippen LogP contribution in [0.15, 0.2) is 30.3 Å². The number of hydrogen-bond donors (Lipinski definition) is 3. The summed E-state index contributed by atoms with van der Waals surface area (Å²) in [6.45, 7) is 14.2. The van der Waals surface area contributed by atoms with Crippen LogP contribution in [0, 0.1) is 17.3 Å². The molecule has 0 aliphatic carbocycles. The first-order valence-corrected chi connectivity index (χ1v) is 14.3. The van der Waals surface area contributed by atoms with Gasteiger partial charge in [-0.1, -0.05) is 45.9 Å². The molecule has 3 N–H and O–H groups in total. The van der Waals surface area contributed by atoms with E-state index in [0.717, 1.165) is 12.8 Å². The van der Waals surface area contributed by atoms with Gasteiger partial charge in [0, 0.05) is 16.0 Å². The third kappa shape index (κ3) is 4.91. The Morgan fingerprint density at radius 2 is 1.78 bits per heavy atom. The number of nitrogens with one attached hydrogen (secondary N) is 2. The number of carbonyl (C=O) groups is 3. The molecule has 1 aromatic rings. The lowest BCUT2D eigenvalue weighted by Gasteiger charge is -2.40. The van der Waals surface area contributed by atoms with Crippen LogP contribution >= 0.6 is 11.8 Å². The maximum Gasteiger partial charge on any atom is 0.244 e. The van der Waals surface area contributed by atoms with Crippen molar-refractivity contribution in [3.63, 3.8) is 0 Å². The monoisotopic (exact) mass is 529 g/mol. The second-order valence-electron chi connectivity index (χ2n) is 13.2. The molecule has 3 aliphatic heterocycles. The highest BCUT2D eigenvalue weighted by molar-refractivity contribution is 8.02. The van der Waals surface area contributed by atoms with Gasteiger partial charge in [0.25, 0.3) is 0 Å². The summed E-state index contributed by atoms with van der Waals surface area (Å²) < 4.78 is -1.14. The topological polar surface area (TPSA) is 98.7 Å². The quantitative estimate of drug-likeness (QED) is 0.469. The van der Waals surface area contributed by atoms with Crippen molar-refractivity contribution in [2.24, 2.45) is 17.3 Å². The largest absolute Gasteiger partial charge is 0.394 e. The number of benzene rings is 1. The Labute approximate surface area is 225 Å². The van der Waals surface area contributed by atoms with Crippen molar-refractivity contribution >= 4 is 35.2 Å². The van der Waals surface area contributed by atoms with Crippen LogP contribution in [0.25, 0.3) is 0 Å². The average molecular weight is 530 g/mol. The van der Waals surface area contributed by atoms with E-state index in [9.17, 15) is 19.5 Å². The molecule has 8 heteroatoms. The van der Waals surface area contributed by atoms with Gasteiger partial charge in [0.1, 0.15) is 6.04 Å². The molecule has 37 heavy (non-hydrogen) atoms. The number of para-hydroxylation sites is 1. The lowest BCUT2D eigenvalue weighted by molar-refractivity contribution is -0.143. The molecule has 3 amide bonds. The first-order valence-electron chi connectivity index (χ1n) is 13.5. The molecule has 2 bridgehead atoms. The second-order valence-corrected chi connectivity index (χ2v) is 15.1. The molecule has 4 rings (SSSR count). The number of fused-ring (bicyclic) bond motifs is 1. The number of nitrogens with zero attached hydrogens (tertiary/aromatic N) is 1. The minimum atomic E-state index is -0.734. The van der Waals surface area contributed by atoms with Crippen molar-refractivity contribution in [3.05, 3.63) is 30.3 Å². The molecular formula is C29H43N3O4S. The highest BCUT2D eigenvalue weighted by atomic mass is 32.2. The lowest BCUT2D eigenvalue weighted by atomic mass is 9.66. The molecular weight excluding hydrogens is 486 g/mol. The van der Waals surface area contributed by atoms with Crippen LogP contribution in [0.5, 0.6) is 0 Å². The fourth-order valence-corrected chi connectivity index (χ4v) is 9.73. The number of amides is 3. The first kappa shape index (κ1) is 28.0. The minimum absolute atomic E-state index is 0.00843. The van der Waals surface area contributed by atoms with Gasteiger partial charge in [-0.05, 0) is 64.0 Å². The van der Waals surface area contributed by atoms with Crippen LogP contribution in [-0.2, 0) is 14.4 Å². The van der Waals surface area contributed by atoms with E-state index < -0.39 is 39.0 Å². The molecule has 6 atom stereocenters. The second kappa shape index (κ2) is 9.60. The van der Waals surface area contributed by atoms with Crippen molar-refractivity contribution in [2.75, 3.05) is 11.9 Å². The number of aliphatic hydroxyl groups is 1. The smallest absolute Gasteiger partial charge is 0.244 e. The van der Waals surface area contributed by atoms with Gasteiger partial charge in [-0.3, -0.25) is 14.4 Å². The van der Waals surface area contributed by atoms with Gasteiger partial charge in [0.05, 0.1) is 29.2 Å². The fourth-order valence-electron chi connectivity index (χ4n) is 7.38. The number of carbonyl (C=O) groups excluding carboxylic acids is 3. The molecule has 2 unspecified atom stereocenters. The third-order valence-electron chi connectivity index (χ3n) is 8.30. The Bertz CT molecular complexity index is 1050. The molecule has 204 valence electrons. The molecule has 1 aromatic carbocycles. The number of thioether (sulfide) groups is 1. The van der Waals surface area contributed by atoms with E-state index in [1.165, 1.54) is 0 Å². The van der Waals surface area contributed by atoms with Gasteiger partial charge in [-0.15, -0.1) is 11.8 Å². The standard InChI is InChI=1S/C29H43N3O4S/c1-8-19(16-33)32-22(24(35)31-27(5,6)17-26(2,3)4)29-15-14-28(7,37-29)20(21(29)25(32)36)23(34)30-18-12-10-9-11-13-18/h9-13,19-22,33H,8,14-17H2,1-7H3,(H,30,34)(H,31,35)/t19-,20-,21-,22?,28+,29?/m0/s1. The maximum atomic E-state index is 14.2. The predicted molar refractivity (Wildman–Crippen MR) is 148 cm³/mol. The normalized spacial score (nSPS) is 31.8. The van der Waals surface area contributed by atoms with E-state index in [1.807, 2.05) is 51.1 Å². The summed E-state index contributed by atoms with van der Waals surface area (Å²) in [7, 11) is 0. The number of anilines is 1. The van der Waals surface area contributed by atoms with E-state index in [4.69, 9.17) is 0 Å². The molecule has 7 nitrogen and oxygen atoms in total. The van der Waals surface area contributed by atoms with Crippen LogP contribution in [-0.4, -0.2) is 61.5 Å². The van der Waals surface area contributed by atoms with E-state index in [0.29, 0.717) is 18.5 Å². The minimum Gasteiger partial charge on any atom is -0.394 e. The Morgan fingerprint density at radius 1 is 1.14 bits per heavy atom. The summed E-state index contributed by atoms with van der Waals surface area (Å²) >= 11 is 1.65. The van der Waals surface area contributed by atoms with Crippen molar-refractivity contribution in [2.45, 2.75) is 101 Å². The van der Waals surface area contributed by atoms with Crippen LogP contribution in [0.4, 0.5) is 5.69 Å². The number of rotatable bonds is 8. The van der Waals surface area contributed by atoms with E-state index in [2.05, 4.69) is 38.3 Å². The molecule has 0 radical (unpaired) electrons. The van der Waals surface area contributed by atoms with Crippen molar-refractivity contribution in [1.29, 1.82) is 0 Å². The molecule has 3 heterocycles. The van der Waals surface area contributed by atoms with Gasteiger partial charge in [-0.25, -0.2) is 0 Å². The summed E-state index contributed by atoms with van der Waals surface area (Å²) in [6.07, 6.45) is 2.75. The van der Waals surface area contributed by atoms with Crippen LogP contribution in [0.1, 0.15) is 74.1 Å². The van der Waals surface area contributed by atoms with Crippen molar-refractivity contribution in [1.82, 2.24) is 10.2 Å². The fraction of sp³-hybridized carbons (Fsp3) is 0.690. The van der Waals surface area contributed by atoms with Gasteiger partial charge in [-0.2, -0.15) is 0 Å². The van der Waals surface area contributed by atoms with Crippen LogP contribution < -0.4 is 10.6 Å². The van der Waals surface area contributed by atoms with E-state index >= 15 is 0 Å². The number of likely N-dealkylation sites (tertiary alicyclic amines) is 1. The number of hydrogen-bond acceptors (Lipinski definition) is 5. The maximum absolute atomic E-state index is 14.2. The third-order valence-corrected chi connectivity index (χ3v) is 10.3. The molecule has 3 aliphatic rings. The summed E-state index contributed by atoms with van der Waals surface area (Å²) in [4.78, 5) is 43.7. The van der Waals surface area contributed by atoms with Gasteiger partial charge >= 0.3 is 0 Å². The Kier molecular flexibility index (Phi) is 7.25. The summed E-state index contributed by atoms with van der Waals surface area (Å²) in [5.41, 5.74) is 0.226. The Balaban J connectivity index is 1.72. The summed E-state index contributed by atoms with van der Waals surface area (Å²) in [6, 6.07) is 8.09. The van der Waals surface area contributed by atoms with Gasteiger partial charge in [0.15, 0.2) is 0 Å². The highest BCUT2D eigenvalue weighted by Crippen LogP contribution is 2.71. The van der Waals surface area contributed by atoms with Gasteiger partial charge in [0.2, 0.25) is 17.7 Å². The van der Waals surface area contributed by atoms with E-state index in [-0.39, 0.29) is 29.7 Å². The zero-order valence-electron chi connectivity index (χ0n) is 23.3. The molecule has 1 spiro atoms. The molecule has 3 fully saturated rings. The number of aliphatic hydroxyl groups excluding tert-OH is 1. The molecule has 0 saturated carbocycles.